The molecular weight excluding hydrogens is 1250 g/mol. The van der Waals surface area contributed by atoms with E-state index in [1.165, 1.54) is 32.3 Å². The zero-order chi connectivity index (χ0) is 66.7. The third kappa shape index (κ3) is 8.68. The van der Waals surface area contributed by atoms with Crippen LogP contribution >= 0.6 is 0 Å². The smallest absolute Gasteiger partial charge is 0.164 e. The van der Waals surface area contributed by atoms with E-state index in [-0.39, 0.29) is 0 Å². The van der Waals surface area contributed by atoms with E-state index in [1.54, 1.807) is 0 Å². The first-order valence-corrected chi connectivity index (χ1v) is 34.4. The van der Waals surface area contributed by atoms with Gasteiger partial charge in [0.1, 0.15) is 33.5 Å². The van der Waals surface area contributed by atoms with Gasteiger partial charge in [-0.15, -0.1) is 0 Å². The van der Waals surface area contributed by atoms with Gasteiger partial charge in [0.2, 0.25) is 0 Å². The summed E-state index contributed by atoms with van der Waals surface area (Å²) < 4.78 is 26.2. The minimum atomic E-state index is 0.562. The minimum absolute atomic E-state index is 0.562. The van der Waals surface area contributed by atoms with Crippen molar-refractivity contribution >= 4 is 131 Å². The van der Waals surface area contributed by atoms with E-state index in [9.17, 15) is 0 Å². The molecule has 0 N–H and O–H groups in total. The fraction of sp³-hybridized carbons (Fsp3) is 0. The van der Waals surface area contributed by atoms with Crippen LogP contribution in [0.4, 0.5) is 0 Å². The van der Waals surface area contributed by atoms with Gasteiger partial charge in [-0.3, -0.25) is 0 Å². The summed E-state index contributed by atoms with van der Waals surface area (Å²) >= 11 is 0. The molecule has 102 heavy (non-hydrogen) atoms. The Hall–Kier alpha value is -13.9. The fourth-order valence-electron chi connectivity index (χ4n) is 16.0. The molecule has 22 rings (SSSR count). The number of hydrogen-bond acceptors (Lipinski definition) is 6. The first kappa shape index (κ1) is 56.2. The van der Waals surface area contributed by atoms with Gasteiger partial charge in [-0.2, -0.15) is 0 Å². The zero-order valence-corrected chi connectivity index (χ0v) is 54.6. The number of rotatable bonds is 9. The largest absolute Gasteiger partial charge is 0.456 e. The lowest BCUT2D eigenvalue weighted by Gasteiger charge is -2.13. The fourth-order valence-corrected chi connectivity index (χ4v) is 16.0. The molecule has 9 heteroatoms. The summed E-state index contributed by atoms with van der Waals surface area (Å²) in [7, 11) is 0. The third-order valence-corrected chi connectivity index (χ3v) is 20.9. The van der Waals surface area contributed by atoms with Crippen LogP contribution in [0.2, 0.25) is 0 Å². The van der Waals surface area contributed by atoms with Crippen molar-refractivity contribution in [3.8, 4) is 84.6 Å². The molecule has 0 fully saturated rings. The molecule has 0 aliphatic carbocycles. The Morgan fingerprint density at radius 2 is 0.382 bits per heavy atom. The second-order valence-electron chi connectivity index (χ2n) is 26.6. The summed E-state index contributed by atoms with van der Waals surface area (Å²) in [6.07, 6.45) is 0. The van der Waals surface area contributed by atoms with Gasteiger partial charge in [-0.05, 0) is 197 Å². The van der Waals surface area contributed by atoms with Crippen LogP contribution in [0.3, 0.4) is 0 Å². The van der Waals surface area contributed by atoms with Crippen molar-refractivity contribution in [1.29, 1.82) is 0 Å². The van der Waals surface area contributed by atoms with Crippen LogP contribution in [0.25, 0.3) is 216 Å². The van der Waals surface area contributed by atoms with Crippen molar-refractivity contribution in [3.05, 3.63) is 328 Å². The number of benzene rings is 15. The number of nitrogens with zero attached hydrogens (tertiary/aromatic N) is 6. The Kier molecular flexibility index (Phi) is 12.0. The maximum atomic E-state index is 6.38. The second-order valence-corrected chi connectivity index (χ2v) is 26.6. The van der Waals surface area contributed by atoms with Crippen LogP contribution < -0.4 is 0 Å². The summed E-state index contributed by atoms with van der Waals surface area (Å²) in [6, 6.07) is 117. The summed E-state index contributed by atoms with van der Waals surface area (Å²) in [5.41, 5.74) is 24.2. The molecule has 0 atom stereocenters. The van der Waals surface area contributed by atoms with E-state index in [0.717, 1.165) is 166 Å². The molecule has 0 saturated carbocycles. The van der Waals surface area contributed by atoms with Crippen LogP contribution in [0.1, 0.15) is 0 Å². The first-order valence-electron chi connectivity index (χ1n) is 34.4. The molecule has 7 heterocycles. The lowest BCUT2D eigenvalue weighted by atomic mass is 10.0. The van der Waals surface area contributed by atoms with E-state index >= 15 is 0 Å². The maximum absolute atomic E-state index is 6.38. The van der Waals surface area contributed by atoms with E-state index < -0.39 is 0 Å². The van der Waals surface area contributed by atoms with Crippen molar-refractivity contribution in [1.82, 2.24) is 28.7 Å². The Morgan fingerprint density at radius 3 is 0.676 bits per heavy atom. The van der Waals surface area contributed by atoms with Gasteiger partial charge in [0.05, 0.1) is 33.1 Å². The molecule has 0 amide bonds. The summed E-state index contributed by atoms with van der Waals surface area (Å²) in [5.74, 6) is 1.69. The molecule has 0 unspecified atom stereocenters. The molecule has 0 aliphatic rings. The number of fused-ring (bicyclic) bond motifs is 18. The monoisotopic (exact) mass is 1300 g/mol. The molecule has 15 aromatic carbocycles. The zero-order valence-electron chi connectivity index (χ0n) is 54.6. The Labute approximate surface area is 581 Å². The quantitative estimate of drug-likeness (QED) is 0.143. The van der Waals surface area contributed by atoms with Crippen LogP contribution in [0.5, 0.6) is 0 Å². The highest BCUT2D eigenvalue weighted by molar-refractivity contribution is 6.14. The second kappa shape index (κ2) is 21.8. The number of furan rings is 3. The van der Waals surface area contributed by atoms with E-state index in [4.69, 9.17) is 28.2 Å². The highest BCUT2D eigenvalue weighted by atomic mass is 16.3. The highest BCUT2D eigenvalue weighted by Crippen LogP contribution is 2.43. The van der Waals surface area contributed by atoms with Crippen molar-refractivity contribution < 1.29 is 13.3 Å². The molecule has 9 nitrogen and oxygen atoms in total. The van der Waals surface area contributed by atoms with Gasteiger partial charge in [-0.25, -0.2) is 15.0 Å². The lowest BCUT2D eigenvalue weighted by Crippen LogP contribution is -2.01. The predicted octanol–water partition coefficient (Wildman–Crippen LogP) is 24.9. The van der Waals surface area contributed by atoms with Crippen LogP contribution in [0.15, 0.2) is 341 Å². The average Bonchev–Trinajstić information content (AvgIpc) is 1.55. The molecule has 0 saturated heterocycles. The SMILES string of the molecule is c1ccc2c(c1)oc1cc(-c3ccc4c5ccccc5n(-c5ccc(-c6nc(-c7ccc(-n8c9ccccc9c9ccc(-c%10ccc%11c(c%10)oc%10ccccc%10%11)cc98)cc7)nc(-c7ccc(-n8c9ccccc9c9ccc(-c%10ccc%11c(c%10)oc%10ccccc%10%11)cc98)cc7)n6)cc5)c4c3)ccc12. The minimum Gasteiger partial charge on any atom is -0.456 e. The Bertz CT molecular complexity index is 6550. The van der Waals surface area contributed by atoms with Crippen LogP contribution in [0, 0.1) is 0 Å². The number of para-hydroxylation sites is 6. The molecule has 474 valence electrons. The normalized spacial score (nSPS) is 12.1. The summed E-state index contributed by atoms with van der Waals surface area (Å²) in [5, 5.41) is 13.7. The molecule has 7 aromatic heterocycles. The van der Waals surface area contributed by atoms with Crippen molar-refractivity contribution in [2.75, 3.05) is 0 Å². The Balaban J connectivity index is 0.659. The molecule has 0 spiro atoms. The summed E-state index contributed by atoms with van der Waals surface area (Å²) in [4.78, 5) is 16.1. The molecular formula is C93H54N6O3. The predicted molar refractivity (Wildman–Crippen MR) is 417 cm³/mol. The van der Waals surface area contributed by atoms with Gasteiger partial charge in [0.25, 0.3) is 0 Å². The van der Waals surface area contributed by atoms with Crippen molar-refractivity contribution in [3.63, 3.8) is 0 Å². The van der Waals surface area contributed by atoms with Gasteiger partial charge in [0.15, 0.2) is 17.5 Å². The van der Waals surface area contributed by atoms with Crippen LogP contribution in [-0.4, -0.2) is 28.7 Å². The molecule has 0 aliphatic heterocycles. The average molecular weight is 1300 g/mol. The number of aromatic nitrogens is 6. The maximum Gasteiger partial charge on any atom is 0.164 e. The van der Waals surface area contributed by atoms with E-state index in [0.29, 0.717) is 17.5 Å². The van der Waals surface area contributed by atoms with Crippen molar-refractivity contribution in [2.45, 2.75) is 0 Å². The number of hydrogen-bond donors (Lipinski definition) is 0. The Morgan fingerprint density at radius 1 is 0.167 bits per heavy atom. The lowest BCUT2D eigenvalue weighted by molar-refractivity contribution is 0.668. The standard InChI is InChI=1S/C93H54N6O3/c1-7-19-79-67(13-1)70-43-31-58(61-34-46-76-73-16-4-10-22-85(73)100-88(76)52-61)49-82(70)97(79)64-37-25-55(26-38-64)91-94-92(56-27-39-65(40-28-56)98-80-20-8-2-14-68(80)71-44-32-59(50-83(71)98)62-35-47-77-74-17-5-11-23-86(74)101-89(77)53-62)96-93(95-91)57-29-41-66(42-30-57)99-81-21-9-3-15-69(81)72-45-33-60(51-84(72)99)63-36-48-78-75-18-6-12-24-87(75)102-90(78)54-63/h1-54H. The van der Waals surface area contributed by atoms with E-state index in [1.807, 2.05) is 36.4 Å². The molecule has 0 bridgehead atoms. The van der Waals surface area contributed by atoms with Gasteiger partial charge in [-0.1, -0.05) is 164 Å². The van der Waals surface area contributed by atoms with E-state index in [2.05, 4.69) is 305 Å². The topological polar surface area (TPSA) is 92.9 Å². The first-order chi connectivity index (χ1) is 50.5. The molecule has 0 radical (unpaired) electrons. The van der Waals surface area contributed by atoms with Crippen LogP contribution in [-0.2, 0) is 0 Å². The summed E-state index contributed by atoms with van der Waals surface area (Å²) in [6.45, 7) is 0. The van der Waals surface area contributed by atoms with Gasteiger partial charge in [0, 0.05) is 98.4 Å². The highest BCUT2D eigenvalue weighted by Gasteiger charge is 2.22. The molecule has 22 aromatic rings. The third-order valence-electron chi connectivity index (χ3n) is 20.9. The van der Waals surface area contributed by atoms with Gasteiger partial charge < -0.3 is 27.0 Å². The van der Waals surface area contributed by atoms with Crippen molar-refractivity contribution in [2.24, 2.45) is 0 Å². The van der Waals surface area contributed by atoms with Gasteiger partial charge >= 0.3 is 0 Å².